The van der Waals surface area contributed by atoms with Crippen molar-refractivity contribution in [2.45, 2.75) is 50.6 Å². The number of carbonyl (C=O) groups excluding carboxylic acids is 1. The lowest BCUT2D eigenvalue weighted by atomic mass is 9.74. The molecule has 5 nitrogen and oxygen atoms in total. The summed E-state index contributed by atoms with van der Waals surface area (Å²) in [5, 5.41) is 2.93. The largest absolute Gasteiger partial charge is 0.465 e. The quantitative estimate of drug-likeness (QED) is 0.801. The Morgan fingerprint density at radius 3 is 2.50 bits per heavy atom. The summed E-state index contributed by atoms with van der Waals surface area (Å²) in [6, 6.07) is 0. The van der Waals surface area contributed by atoms with Gasteiger partial charge in [-0.1, -0.05) is 24.4 Å². The highest BCUT2D eigenvalue weighted by molar-refractivity contribution is 5.82. The molecule has 2 rings (SSSR count). The topological polar surface area (TPSA) is 65.2 Å². The Labute approximate surface area is 113 Å². The SMILES string of the molecule is CCOC(=O)C1(c2nc(C(F)(F)F)no2)CCCCC1. The van der Waals surface area contributed by atoms with E-state index >= 15 is 0 Å². The molecular formula is C12H15F3N2O3. The zero-order valence-corrected chi connectivity index (χ0v) is 11.0. The summed E-state index contributed by atoms with van der Waals surface area (Å²) >= 11 is 0. The maximum absolute atomic E-state index is 12.5. The van der Waals surface area contributed by atoms with Crippen LogP contribution in [0.15, 0.2) is 4.52 Å². The molecule has 0 bridgehead atoms. The van der Waals surface area contributed by atoms with Gasteiger partial charge in [-0.2, -0.15) is 18.2 Å². The number of aromatic nitrogens is 2. The smallest absolute Gasteiger partial charge is 0.455 e. The second kappa shape index (κ2) is 5.41. The first-order chi connectivity index (χ1) is 9.40. The van der Waals surface area contributed by atoms with Gasteiger partial charge in [0.05, 0.1) is 6.61 Å². The standard InChI is InChI=1S/C12H15F3N2O3/c1-2-19-10(18)11(6-4-3-5-7-11)9-16-8(17-20-9)12(13,14)15/h2-7H2,1H3. The van der Waals surface area contributed by atoms with E-state index in [-0.39, 0.29) is 12.5 Å². The van der Waals surface area contributed by atoms with Gasteiger partial charge in [0.25, 0.3) is 5.82 Å². The molecule has 1 fully saturated rings. The molecule has 0 aromatic carbocycles. The highest BCUT2D eigenvalue weighted by Gasteiger charge is 2.49. The number of hydrogen-bond acceptors (Lipinski definition) is 5. The van der Waals surface area contributed by atoms with Gasteiger partial charge in [0, 0.05) is 0 Å². The van der Waals surface area contributed by atoms with Crippen LogP contribution in [0.2, 0.25) is 0 Å². The molecule has 1 aliphatic rings. The molecule has 1 heterocycles. The van der Waals surface area contributed by atoms with Crippen molar-refractivity contribution in [3.8, 4) is 0 Å². The Morgan fingerprint density at radius 1 is 1.35 bits per heavy atom. The van der Waals surface area contributed by atoms with Crippen molar-refractivity contribution in [1.29, 1.82) is 0 Å². The fourth-order valence-electron chi connectivity index (χ4n) is 2.46. The van der Waals surface area contributed by atoms with Crippen molar-refractivity contribution in [1.82, 2.24) is 10.1 Å². The zero-order chi connectivity index (χ0) is 14.8. The van der Waals surface area contributed by atoms with Crippen molar-refractivity contribution < 1.29 is 27.2 Å². The van der Waals surface area contributed by atoms with E-state index in [0.717, 1.165) is 6.42 Å². The number of rotatable bonds is 3. The van der Waals surface area contributed by atoms with Gasteiger partial charge in [0.1, 0.15) is 5.41 Å². The lowest BCUT2D eigenvalue weighted by Crippen LogP contribution is -2.40. The Kier molecular flexibility index (Phi) is 4.01. The Hall–Kier alpha value is -1.60. The molecule has 112 valence electrons. The summed E-state index contributed by atoms with van der Waals surface area (Å²) in [4.78, 5) is 15.5. The van der Waals surface area contributed by atoms with Crippen LogP contribution in [-0.2, 0) is 21.1 Å². The molecule has 0 saturated heterocycles. The third-order valence-corrected chi connectivity index (χ3v) is 3.46. The summed E-state index contributed by atoms with van der Waals surface area (Å²) < 4.78 is 47.3. The van der Waals surface area contributed by atoms with Crippen LogP contribution in [-0.4, -0.2) is 22.7 Å². The minimum absolute atomic E-state index is 0.154. The molecular weight excluding hydrogens is 277 g/mol. The molecule has 0 amide bonds. The van der Waals surface area contributed by atoms with Crippen LogP contribution in [0.4, 0.5) is 13.2 Å². The molecule has 8 heteroatoms. The molecule has 1 saturated carbocycles. The summed E-state index contributed by atoms with van der Waals surface area (Å²) in [7, 11) is 0. The third kappa shape index (κ3) is 2.64. The van der Waals surface area contributed by atoms with Crippen LogP contribution >= 0.6 is 0 Å². The van der Waals surface area contributed by atoms with E-state index in [9.17, 15) is 18.0 Å². The summed E-state index contributed by atoms with van der Waals surface area (Å²) in [6.07, 6.45) is -1.62. The molecule has 20 heavy (non-hydrogen) atoms. The van der Waals surface area contributed by atoms with Crippen LogP contribution < -0.4 is 0 Å². The Balaban J connectivity index is 2.36. The summed E-state index contributed by atoms with van der Waals surface area (Å²) in [5.74, 6) is -2.23. The van der Waals surface area contributed by atoms with Gasteiger partial charge in [0.15, 0.2) is 0 Å². The number of hydrogen-bond donors (Lipinski definition) is 0. The lowest BCUT2D eigenvalue weighted by molar-refractivity contribution is -0.153. The molecule has 1 aromatic rings. The number of carbonyl (C=O) groups is 1. The normalized spacial score (nSPS) is 18.8. The third-order valence-electron chi connectivity index (χ3n) is 3.46. The first kappa shape index (κ1) is 14.8. The number of halogens is 3. The number of ether oxygens (including phenoxy) is 1. The first-order valence-corrected chi connectivity index (χ1v) is 6.49. The minimum Gasteiger partial charge on any atom is -0.465 e. The molecule has 0 aliphatic heterocycles. The van der Waals surface area contributed by atoms with Crippen LogP contribution in [0, 0.1) is 0 Å². The molecule has 0 radical (unpaired) electrons. The number of esters is 1. The van der Waals surface area contributed by atoms with E-state index in [1.807, 2.05) is 0 Å². The second-order valence-corrected chi connectivity index (χ2v) is 4.78. The molecule has 1 aliphatic carbocycles. The van der Waals surface area contributed by atoms with Crippen molar-refractivity contribution in [2.24, 2.45) is 0 Å². The van der Waals surface area contributed by atoms with Crippen molar-refractivity contribution in [2.75, 3.05) is 6.61 Å². The van der Waals surface area contributed by atoms with Crippen LogP contribution in [0.25, 0.3) is 0 Å². The van der Waals surface area contributed by atoms with Gasteiger partial charge in [0.2, 0.25) is 5.89 Å². The van der Waals surface area contributed by atoms with E-state index in [0.29, 0.717) is 25.7 Å². The maximum Gasteiger partial charge on any atom is 0.455 e. The second-order valence-electron chi connectivity index (χ2n) is 4.78. The molecule has 0 atom stereocenters. The van der Waals surface area contributed by atoms with Crippen molar-refractivity contribution in [3.05, 3.63) is 11.7 Å². The minimum atomic E-state index is -4.69. The van der Waals surface area contributed by atoms with E-state index in [2.05, 4.69) is 10.1 Å². The number of alkyl halides is 3. The highest BCUT2D eigenvalue weighted by atomic mass is 19.4. The molecule has 0 N–H and O–H groups in total. The van der Waals surface area contributed by atoms with E-state index < -0.39 is 23.4 Å². The average molecular weight is 292 g/mol. The fraction of sp³-hybridized carbons (Fsp3) is 0.750. The monoisotopic (exact) mass is 292 g/mol. The van der Waals surface area contributed by atoms with Gasteiger partial charge in [-0.25, -0.2) is 0 Å². The molecule has 0 spiro atoms. The van der Waals surface area contributed by atoms with Crippen LogP contribution in [0.1, 0.15) is 50.7 Å². The van der Waals surface area contributed by atoms with Crippen LogP contribution in [0.5, 0.6) is 0 Å². The van der Waals surface area contributed by atoms with Gasteiger partial charge >= 0.3 is 12.1 Å². The van der Waals surface area contributed by atoms with Crippen molar-refractivity contribution >= 4 is 5.97 Å². The first-order valence-electron chi connectivity index (χ1n) is 6.49. The molecule has 0 unspecified atom stereocenters. The van der Waals surface area contributed by atoms with Gasteiger partial charge in [-0.15, -0.1) is 0 Å². The van der Waals surface area contributed by atoms with Gasteiger partial charge in [-0.05, 0) is 19.8 Å². The van der Waals surface area contributed by atoms with E-state index in [1.54, 1.807) is 6.92 Å². The Morgan fingerprint density at radius 2 is 2.00 bits per heavy atom. The van der Waals surface area contributed by atoms with Gasteiger partial charge in [-0.3, -0.25) is 4.79 Å². The fourth-order valence-corrected chi connectivity index (χ4v) is 2.46. The maximum atomic E-state index is 12.5. The van der Waals surface area contributed by atoms with Gasteiger partial charge < -0.3 is 9.26 Å². The Bertz CT molecular complexity index is 479. The lowest BCUT2D eigenvalue weighted by Gasteiger charge is -2.31. The van der Waals surface area contributed by atoms with E-state index in [4.69, 9.17) is 9.26 Å². The van der Waals surface area contributed by atoms with Crippen molar-refractivity contribution in [3.63, 3.8) is 0 Å². The van der Waals surface area contributed by atoms with E-state index in [1.165, 1.54) is 0 Å². The summed E-state index contributed by atoms with van der Waals surface area (Å²) in [5.41, 5.74) is -1.23. The average Bonchev–Trinajstić information content (AvgIpc) is 2.89. The highest BCUT2D eigenvalue weighted by Crippen LogP contribution is 2.40. The summed E-state index contributed by atoms with van der Waals surface area (Å²) in [6.45, 7) is 1.80. The zero-order valence-electron chi connectivity index (χ0n) is 11.0. The van der Waals surface area contributed by atoms with Crippen LogP contribution in [0.3, 0.4) is 0 Å². The number of nitrogens with zero attached hydrogens (tertiary/aromatic N) is 2. The predicted octanol–water partition coefficient (Wildman–Crippen LogP) is 2.85. The molecule has 1 aromatic heterocycles. The predicted molar refractivity (Wildman–Crippen MR) is 60.7 cm³/mol.